The Morgan fingerprint density at radius 2 is 1.94 bits per heavy atom. The summed E-state index contributed by atoms with van der Waals surface area (Å²) in [6, 6.07) is 10.6. The van der Waals surface area contributed by atoms with Crippen LogP contribution in [0.4, 0.5) is 4.39 Å². The molecule has 35 heavy (non-hydrogen) atoms. The molecule has 8 heteroatoms. The summed E-state index contributed by atoms with van der Waals surface area (Å²) >= 11 is 0. The smallest absolute Gasteiger partial charge is 0.338 e. The number of phenolic OH excluding ortho intramolecular Hbond substituents is 1. The van der Waals surface area contributed by atoms with Crippen LogP contribution in [0.2, 0.25) is 0 Å². The number of rotatable bonds is 4. The van der Waals surface area contributed by atoms with Gasteiger partial charge in [0.2, 0.25) is 10.0 Å². The van der Waals surface area contributed by atoms with Crippen molar-refractivity contribution in [1.82, 2.24) is 0 Å². The van der Waals surface area contributed by atoms with Gasteiger partial charge in [0.1, 0.15) is 18.0 Å². The summed E-state index contributed by atoms with van der Waals surface area (Å²) in [4.78, 5) is 12.7. The molecule has 3 aliphatic carbocycles. The summed E-state index contributed by atoms with van der Waals surface area (Å²) in [6.07, 6.45) is 3.51. The second-order valence-electron chi connectivity index (χ2n) is 10.6. The van der Waals surface area contributed by atoms with Crippen molar-refractivity contribution in [2.24, 2.45) is 22.4 Å². The van der Waals surface area contributed by atoms with E-state index in [1.807, 2.05) is 12.1 Å². The maximum atomic E-state index is 15.9. The Morgan fingerprint density at radius 3 is 2.60 bits per heavy atom. The van der Waals surface area contributed by atoms with E-state index in [0.29, 0.717) is 12.8 Å². The van der Waals surface area contributed by atoms with Crippen molar-refractivity contribution in [3.05, 3.63) is 71.8 Å². The van der Waals surface area contributed by atoms with Crippen molar-refractivity contribution < 1.29 is 27.4 Å². The normalized spacial score (nSPS) is 33.8. The summed E-state index contributed by atoms with van der Waals surface area (Å²) in [6.45, 7) is 6.28. The van der Waals surface area contributed by atoms with E-state index in [0.717, 1.165) is 24.0 Å². The van der Waals surface area contributed by atoms with Crippen molar-refractivity contribution in [3.63, 3.8) is 0 Å². The number of alkyl halides is 1. The quantitative estimate of drug-likeness (QED) is 0.479. The van der Waals surface area contributed by atoms with Crippen LogP contribution in [0, 0.1) is 17.3 Å². The number of sulfonamides is 1. The standard InChI is InChI=1S/C27H30FNO5S/c1-3-27-11-10-26(2)15-19(34-25(31)16-4-7-20(8-5-16)35(29,32)33)14-22(26)24(27)23(28)13-17-12-18(30)6-9-21(17)27/h3-9,12,19,22-24,30H,1,10-11,13-15H2,2H3,(H2,29,32,33)/t19-,22?,23?,24?,26-,27-/m1/s1. The maximum Gasteiger partial charge on any atom is 0.338 e. The zero-order chi connectivity index (χ0) is 25.2. The topological polar surface area (TPSA) is 107 Å². The van der Waals surface area contributed by atoms with Crippen LogP contribution in [0.5, 0.6) is 5.75 Å². The number of benzene rings is 2. The molecule has 2 aromatic carbocycles. The monoisotopic (exact) mass is 499 g/mol. The van der Waals surface area contributed by atoms with E-state index >= 15 is 4.39 Å². The van der Waals surface area contributed by atoms with Crippen LogP contribution in [-0.4, -0.2) is 31.8 Å². The molecule has 3 aliphatic rings. The van der Waals surface area contributed by atoms with Gasteiger partial charge in [-0.2, -0.15) is 0 Å². The van der Waals surface area contributed by atoms with Gasteiger partial charge in [-0.15, -0.1) is 6.58 Å². The highest BCUT2D eigenvalue weighted by Gasteiger charge is 2.61. The van der Waals surface area contributed by atoms with Gasteiger partial charge in [-0.05, 0) is 84.5 Å². The first kappa shape index (κ1) is 24.0. The summed E-state index contributed by atoms with van der Waals surface area (Å²) in [5, 5.41) is 15.1. The first-order chi connectivity index (χ1) is 16.5. The van der Waals surface area contributed by atoms with Gasteiger partial charge >= 0.3 is 5.97 Å². The number of esters is 1. The van der Waals surface area contributed by atoms with Crippen LogP contribution in [-0.2, 0) is 26.6 Å². The number of carbonyl (C=O) groups excluding carboxylic acids is 1. The van der Waals surface area contributed by atoms with Crippen molar-refractivity contribution in [2.75, 3.05) is 0 Å². The molecule has 186 valence electrons. The van der Waals surface area contributed by atoms with E-state index in [9.17, 15) is 18.3 Å². The Bertz CT molecular complexity index is 1290. The van der Waals surface area contributed by atoms with Gasteiger partial charge in [-0.1, -0.05) is 19.1 Å². The van der Waals surface area contributed by atoms with Gasteiger partial charge in [-0.25, -0.2) is 22.7 Å². The Morgan fingerprint density at radius 1 is 1.23 bits per heavy atom. The number of hydrogen-bond acceptors (Lipinski definition) is 5. The van der Waals surface area contributed by atoms with Crippen molar-refractivity contribution >= 4 is 16.0 Å². The average Bonchev–Trinajstić information content (AvgIpc) is 3.13. The molecule has 5 rings (SSSR count). The van der Waals surface area contributed by atoms with E-state index in [1.165, 1.54) is 24.3 Å². The minimum Gasteiger partial charge on any atom is -0.508 e. The number of primary sulfonamides is 1. The van der Waals surface area contributed by atoms with E-state index in [2.05, 4.69) is 13.5 Å². The Hall–Kier alpha value is -2.71. The molecule has 3 N–H and O–H groups in total. The largest absolute Gasteiger partial charge is 0.508 e. The Kier molecular flexibility index (Phi) is 5.60. The minimum absolute atomic E-state index is 0.00811. The lowest BCUT2D eigenvalue weighted by molar-refractivity contribution is -0.0177. The van der Waals surface area contributed by atoms with E-state index in [-0.39, 0.29) is 46.0 Å². The SMILES string of the molecule is C=C[C@]12CC[C@]3(C)C[C@H](OC(=O)c4ccc(S(N)(=O)=O)cc4)CC3C1C(F)Cc1cc(O)ccc12. The molecule has 0 heterocycles. The van der Waals surface area contributed by atoms with E-state index in [1.54, 1.807) is 12.1 Å². The third kappa shape index (κ3) is 3.87. The lowest BCUT2D eigenvalue weighted by atomic mass is 9.48. The summed E-state index contributed by atoms with van der Waals surface area (Å²) in [5.74, 6) is -0.670. The molecule has 0 radical (unpaired) electrons. The Balaban J connectivity index is 1.40. The van der Waals surface area contributed by atoms with Crippen LogP contribution in [0.3, 0.4) is 0 Å². The van der Waals surface area contributed by atoms with Gasteiger partial charge in [-0.3, -0.25) is 0 Å². The fourth-order valence-corrected chi connectivity index (χ4v) is 7.59. The van der Waals surface area contributed by atoms with Gasteiger partial charge in [0.05, 0.1) is 10.5 Å². The number of aromatic hydroxyl groups is 1. The molecule has 0 bridgehead atoms. The van der Waals surface area contributed by atoms with Crippen molar-refractivity contribution in [1.29, 1.82) is 0 Å². The Labute approximate surface area is 205 Å². The molecule has 6 nitrogen and oxygen atoms in total. The zero-order valence-electron chi connectivity index (χ0n) is 19.6. The van der Waals surface area contributed by atoms with Gasteiger partial charge in [0, 0.05) is 17.8 Å². The number of ether oxygens (including phenoxy) is 1. The number of carbonyl (C=O) groups is 1. The van der Waals surface area contributed by atoms with Crippen LogP contribution >= 0.6 is 0 Å². The average molecular weight is 500 g/mol. The van der Waals surface area contributed by atoms with Crippen LogP contribution in [0.25, 0.3) is 0 Å². The minimum atomic E-state index is -3.85. The number of phenols is 1. The fourth-order valence-electron chi connectivity index (χ4n) is 7.08. The summed E-state index contributed by atoms with van der Waals surface area (Å²) < 4.78 is 44.6. The highest BCUT2D eigenvalue weighted by atomic mass is 32.2. The van der Waals surface area contributed by atoms with Crippen LogP contribution in [0.1, 0.15) is 54.1 Å². The molecule has 3 unspecified atom stereocenters. The number of allylic oxidation sites excluding steroid dienone is 1. The lowest BCUT2D eigenvalue weighted by Crippen LogP contribution is -2.54. The van der Waals surface area contributed by atoms with Gasteiger partial charge in [0.25, 0.3) is 0 Å². The predicted molar refractivity (Wildman–Crippen MR) is 129 cm³/mol. The molecule has 0 saturated heterocycles. The number of nitrogens with two attached hydrogens (primary N) is 1. The molecular weight excluding hydrogens is 469 g/mol. The molecule has 6 atom stereocenters. The predicted octanol–water partition coefficient (Wildman–Crippen LogP) is 4.41. The van der Waals surface area contributed by atoms with Gasteiger partial charge < -0.3 is 9.84 Å². The maximum absolute atomic E-state index is 15.9. The number of fused-ring (bicyclic) bond motifs is 5. The van der Waals surface area contributed by atoms with Crippen LogP contribution in [0.15, 0.2) is 60.0 Å². The highest BCUT2D eigenvalue weighted by Crippen LogP contribution is 2.64. The molecule has 0 aromatic heterocycles. The second kappa shape index (κ2) is 8.17. The van der Waals surface area contributed by atoms with E-state index in [4.69, 9.17) is 9.88 Å². The third-order valence-electron chi connectivity index (χ3n) is 8.70. The molecule has 0 amide bonds. The molecule has 0 aliphatic heterocycles. The summed E-state index contributed by atoms with van der Waals surface area (Å²) in [7, 11) is -3.85. The van der Waals surface area contributed by atoms with Crippen molar-refractivity contribution in [3.8, 4) is 5.75 Å². The number of hydrogen-bond donors (Lipinski definition) is 2. The third-order valence-corrected chi connectivity index (χ3v) is 9.62. The first-order valence-electron chi connectivity index (χ1n) is 11.9. The molecule has 2 aromatic rings. The first-order valence-corrected chi connectivity index (χ1v) is 13.5. The molecule has 2 saturated carbocycles. The number of halogens is 1. The highest BCUT2D eigenvalue weighted by molar-refractivity contribution is 7.89. The lowest BCUT2D eigenvalue weighted by Gasteiger charge is -2.56. The molecule has 0 spiro atoms. The van der Waals surface area contributed by atoms with Crippen molar-refractivity contribution in [2.45, 2.75) is 61.6 Å². The fraction of sp³-hybridized carbons (Fsp3) is 0.444. The zero-order valence-corrected chi connectivity index (χ0v) is 20.4. The molecular formula is C27H30FNO5S. The van der Waals surface area contributed by atoms with E-state index < -0.39 is 27.6 Å². The van der Waals surface area contributed by atoms with Crippen LogP contribution < -0.4 is 5.14 Å². The second-order valence-corrected chi connectivity index (χ2v) is 12.2. The summed E-state index contributed by atoms with van der Waals surface area (Å²) in [5.41, 5.74) is 1.43. The molecule has 2 fully saturated rings. The van der Waals surface area contributed by atoms with Gasteiger partial charge in [0.15, 0.2) is 0 Å².